The van der Waals surface area contributed by atoms with Gasteiger partial charge in [-0.1, -0.05) is 182 Å². The Morgan fingerprint density at radius 3 is 1.04 bits per heavy atom. The van der Waals surface area contributed by atoms with E-state index in [1.54, 1.807) is 54.6 Å². The quantitative estimate of drug-likeness (QED) is 0.159. The second-order valence-corrected chi connectivity index (χ2v) is 13.2. The van der Waals surface area contributed by atoms with Crippen LogP contribution >= 0.6 is 0 Å². The van der Waals surface area contributed by atoms with Crippen LogP contribution in [0.3, 0.4) is 0 Å². The predicted molar refractivity (Wildman–Crippen MR) is 235 cm³/mol. The van der Waals surface area contributed by atoms with Crippen LogP contribution < -0.4 is 4.90 Å². The first-order valence-corrected chi connectivity index (χ1v) is 18.0. The Labute approximate surface area is 338 Å². The number of hydrogen-bond acceptors (Lipinski definition) is 1. The van der Waals surface area contributed by atoms with E-state index in [9.17, 15) is 16.4 Å². The number of rotatable bonds is 7. The lowest BCUT2D eigenvalue weighted by Crippen LogP contribution is -2.09. The van der Waals surface area contributed by atoms with Gasteiger partial charge in [-0.05, 0) is 119 Å². The van der Waals surface area contributed by atoms with E-state index in [4.69, 9.17) is 0 Å². The number of anilines is 3. The van der Waals surface area contributed by atoms with Crippen molar-refractivity contribution in [2.24, 2.45) is 0 Å². The van der Waals surface area contributed by atoms with Crippen LogP contribution in [0, 0.1) is 0 Å². The molecule has 0 saturated heterocycles. The summed E-state index contributed by atoms with van der Waals surface area (Å²) in [6, 6.07) is 39.1. The fourth-order valence-corrected chi connectivity index (χ4v) is 7.21. The van der Waals surface area contributed by atoms with E-state index in [1.165, 1.54) is 0 Å². The van der Waals surface area contributed by atoms with E-state index in [2.05, 4.69) is 0 Å². The van der Waals surface area contributed by atoms with Gasteiger partial charge in [0.1, 0.15) is 0 Å². The summed E-state index contributed by atoms with van der Waals surface area (Å²) in [6.07, 6.45) is 0. The maximum Gasteiger partial charge on any atom is 0.0645 e. The van der Waals surface area contributed by atoms with Gasteiger partial charge in [-0.2, -0.15) is 0 Å². The third-order valence-corrected chi connectivity index (χ3v) is 9.88. The molecule has 0 radical (unpaired) electrons. The molecule has 0 aliphatic carbocycles. The highest BCUT2D eigenvalue weighted by Crippen LogP contribution is 2.40. The van der Waals surface area contributed by atoms with Crippen molar-refractivity contribution >= 4 is 49.4 Å². The molecule has 0 fully saturated rings. The Balaban J connectivity index is 1.25. The minimum absolute atomic E-state index is 0.0395. The highest BCUT2D eigenvalue weighted by atomic mass is 15.1. The summed E-state index contributed by atoms with van der Waals surface area (Å²) in [5.74, 6) is 0. The van der Waals surface area contributed by atoms with Crippen LogP contribution in [-0.4, -0.2) is 0 Å². The van der Waals surface area contributed by atoms with Crippen molar-refractivity contribution in [3.05, 3.63) is 224 Å². The van der Waals surface area contributed by atoms with Crippen LogP contribution in [0.1, 0.15) is 16.4 Å². The standard InChI is InChI=1S/C54H37N/c1-4-19-49-39(11-1)14-8-22-52(49)42-27-33-47(34-28-42)55(48-35-29-43(30-36-48)53-23-9-15-40-12-2-5-20-50(40)53)46-31-25-38(26-32-46)44-17-7-18-45(37-44)54-24-10-16-41-13-3-6-21-51(41)54/h1-37H/i25D,26D,27D,28D,29D,30D,31D,32D,33D,34D,35D,36D. The van der Waals surface area contributed by atoms with Crippen LogP contribution in [0.15, 0.2) is 224 Å². The monoisotopic (exact) mass is 711 g/mol. The number of fused-ring (bicyclic) bond motifs is 3. The molecule has 0 atom stereocenters. The molecule has 10 aromatic carbocycles. The van der Waals surface area contributed by atoms with Crippen LogP contribution in [0.2, 0.25) is 0 Å². The lowest BCUT2D eigenvalue weighted by atomic mass is 9.95. The lowest BCUT2D eigenvalue weighted by molar-refractivity contribution is 1.28. The van der Waals surface area contributed by atoms with Crippen molar-refractivity contribution in [1.29, 1.82) is 0 Å². The molecule has 10 aromatic rings. The predicted octanol–water partition coefficient (Wildman–Crippen LogP) is 15.3. The molecule has 55 heavy (non-hydrogen) atoms. The molecule has 0 heterocycles. The molecule has 0 unspecified atom stereocenters. The van der Waals surface area contributed by atoms with Gasteiger partial charge in [0.15, 0.2) is 0 Å². The van der Waals surface area contributed by atoms with E-state index < -0.39 is 89.6 Å². The summed E-state index contributed by atoms with van der Waals surface area (Å²) in [6.45, 7) is 0. The van der Waals surface area contributed by atoms with Gasteiger partial charge >= 0.3 is 0 Å². The van der Waals surface area contributed by atoms with Gasteiger partial charge in [-0.3, -0.25) is 0 Å². The summed E-state index contributed by atoms with van der Waals surface area (Å²) in [7, 11) is 0. The normalized spacial score (nSPS) is 14.3. The summed E-state index contributed by atoms with van der Waals surface area (Å²) in [5, 5.41) is 4.91. The van der Waals surface area contributed by atoms with Crippen molar-refractivity contribution in [2.45, 2.75) is 0 Å². The number of nitrogens with zero attached hydrogens (tertiary/aromatic N) is 1. The largest absolute Gasteiger partial charge is 0.311 e. The molecule has 0 N–H and O–H groups in total. The summed E-state index contributed by atoms with van der Waals surface area (Å²) < 4.78 is 114. The zero-order chi connectivity index (χ0) is 47.0. The van der Waals surface area contributed by atoms with Crippen molar-refractivity contribution < 1.29 is 16.4 Å². The van der Waals surface area contributed by atoms with Crippen molar-refractivity contribution in [2.75, 3.05) is 4.90 Å². The Hall–Kier alpha value is -7.22. The fourth-order valence-electron chi connectivity index (χ4n) is 7.21. The van der Waals surface area contributed by atoms with Gasteiger partial charge in [-0.15, -0.1) is 0 Å². The molecule has 1 heteroatoms. The zero-order valence-corrected chi connectivity index (χ0v) is 29.4. The molecule has 0 amide bonds. The molecule has 0 bridgehead atoms. The topological polar surface area (TPSA) is 3.24 Å². The second kappa shape index (κ2) is 14.0. The Bertz CT molecular complexity index is 3450. The first-order valence-electron chi connectivity index (χ1n) is 24.0. The van der Waals surface area contributed by atoms with Gasteiger partial charge in [0.05, 0.1) is 16.4 Å². The van der Waals surface area contributed by atoms with Crippen LogP contribution in [-0.2, 0) is 0 Å². The minimum Gasteiger partial charge on any atom is -0.311 e. The molecule has 0 saturated carbocycles. The molecule has 0 aliphatic heterocycles. The highest BCUT2D eigenvalue weighted by molar-refractivity contribution is 5.99. The lowest BCUT2D eigenvalue weighted by Gasteiger charge is -2.26. The first-order chi connectivity index (χ1) is 32.3. The Morgan fingerprint density at radius 1 is 0.273 bits per heavy atom. The van der Waals surface area contributed by atoms with E-state index in [-0.39, 0.29) is 16.7 Å². The van der Waals surface area contributed by atoms with Gasteiger partial charge in [0.2, 0.25) is 0 Å². The van der Waals surface area contributed by atoms with Crippen molar-refractivity contribution in [3.8, 4) is 44.5 Å². The average Bonchev–Trinajstić information content (AvgIpc) is 3.35. The molecular formula is C54H37N. The SMILES string of the molecule is [2H]c1c([2H])c(N(c2c([2H])c([2H])c(-c3cccc4ccccc34)c([2H])c2[2H])c2c([2H])c([2H])c(-c3cccc4ccccc34)c([2H])c2[2H])c([2H])c([2H])c1-c1cccc(-c2cccc3ccccc23)c1. The summed E-state index contributed by atoms with van der Waals surface area (Å²) in [4.78, 5) is 0.859. The van der Waals surface area contributed by atoms with Crippen LogP contribution in [0.5, 0.6) is 0 Å². The molecule has 0 spiro atoms. The van der Waals surface area contributed by atoms with E-state index in [1.807, 2.05) is 97.1 Å². The fraction of sp³-hybridized carbons (Fsp3) is 0. The van der Waals surface area contributed by atoms with E-state index >= 15 is 0 Å². The van der Waals surface area contributed by atoms with E-state index in [0.29, 0.717) is 27.5 Å². The third-order valence-electron chi connectivity index (χ3n) is 9.88. The maximum atomic E-state index is 9.64. The smallest absolute Gasteiger partial charge is 0.0645 e. The zero-order valence-electron chi connectivity index (χ0n) is 41.4. The molecular weight excluding hydrogens is 663 g/mol. The molecule has 0 aliphatic rings. The van der Waals surface area contributed by atoms with E-state index in [0.717, 1.165) is 37.6 Å². The number of benzene rings is 10. The first kappa shape index (κ1) is 22.1. The van der Waals surface area contributed by atoms with Gasteiger partial charge in [0.25, 0.3) is 0 Å². The van der Waals surface area contributed by atoms with Crippen LogP contribution in [0.4, 0.5) is 17.1 Å². The highest BCUT2D eigenvalue weighted by Gasteiger charge is 2.15. The molecule has 258 valence electrons. The molecule has 10 rings (SSSR count). The van der Waals surface area contributed by atoms with Crippen LogP contribution in [0.25, 0.3) is 76.8 Å². The van der Waals surface area contributed by atoms with Gasteiger partial charge in [0, 0.05) is 17.1 Å². The van der Waals surface area contributed by atoms with Gasteiger partial charge < -0.3 is 4.90 Å². The number of hydrogen-bond donors (Lipinski definition) is 0. The summed E-state index contributed by atoms with van der Waals surface area (Å²) >= 11 is 0. The van der Waals surface area contributed by atoms with Crippen molar-refractivity contribution in [1.82, 2.24) is 0 Å². The summed E-state index contributed by atoms with van der Waals surface area (Å²) in [5.41, 5.74) is 0.975. The third kappa shape index (κ3) is 6.12. The average molecular weight is 712 g/mol. The molecule has 0 aromatic heterocycles. The Morgan fingerprint density at radius 2 is 0.600 bits per heavy atom. The van der Waals surface area contributed by atoms with Crippen molar-refractivity contribution in [3.63, 3.8) is 0 Å². The maximum absolute atomic E-state index is 9.64. The molecule has 1 nitrogen and oxygen atoms in total. The van der Waals surface area contributed by atoms with Gasteiger partial charge in [-0.25, -0.2) is 0 Å². The Kier molecular flexibility index (Phi) is 5.61. The minimum atomic E-state index is -0.670. The second-order valence-electron chi connectivity index (χ2n) is 13.2.